The fourth-order valence-electron chi connectivity index (χ4n) is 1.73. The molecule has 0 aliphatic carbocycles. The highest BCUT2D eigenvalue weighted by Gasteiger charge is 2.19. The molecule has 0 aliphatic heterocycles. The summed E-state index contributed by atoms with van der Waals surface area (Å²) in [5.41, 5.74) is 0.0395. The van der Waals surface area contributed by atoms with Crippen LogP contribution in [-0.4, -0.2) is 40.9 Å². The van der Waals surface area contributed by atoms with Crippen molar-refractivity contribution in [2.24, 2.45) is 0 Å². The van der Waals surface area contributed by atoms with Gasteiger partial charge in [0.2, 0.25) is 0 Å². The summed E-state index contributed by atoms with van der Waals surface area (Å²) in [5, 5.41) is 15.3. The molecule has 0 radical (unpaired) electrons. The van der Waals surface area contributed by atoms with Crippen LogP contribution in [0.5, 0.6) is 5.75 Å². The minimum absolute atomic E-state index is 0.0840. The predicted molar refractivity (Wildman–Crippen MR) is 94.3 cm³/mol. The number of rotatable bonds is 4. The topological polar surface area (TPSA) is 96.9 Å². The van der Waals surface area contributed by atoms with E-state index in [-0.39, 0.29) is 16.3 Å². The summed E-state index contributed by atoms with van der Waals surface area (Å²) in [5.74, 6) is -0.570. The van der Waals surface area contributed by atoms with E-state index in [2.05, 4.69) is 15.4 Å². The SMILES string of the molecule is COC(=O)[C@H](C)NC(=S)c1cc(NC(=O)OC(C)(C)C)ccc1O. The molecule has 132 valence electrons. The zero-order valence-corrected chi connectivity index (χ0v) is 15.1. The van der Waals surface area contributed by atoms with Crippen LogP contribution in [0, 0.1) is 0 Å². The van der Waals surface area contributed by atoms with Gasteiger partial charge >= 0.3 is 12.1 Å². The van der Waals surface area contributed by atoms with E-state index in [0.717, 1.165) is 0 Å². The molecule has 1 amide bonds. The molecule has 0 fully saturated rings. The molecule has 1 atom stereocenters. The van der Waals surface area contributed by atoms with Crippen molar-refractivity contribution in [2.45, 2.75) is 39.3 Å². The van der Waals surface area contributed by atoms with E-state index >= 15 is 0 Å². The average molecular weight is 354 g/mol. The molecule has 0 aliphatic rings. The van der Waals surface area contributed by atoms with Crippen molar-refractivity contribution in [2.75, 3.05) is 12.4 Å². The number of ether oxygens (including phenoxy) is 2. The molecule has 0 saturated carbocycles. The number of hydrogen-bond donors (Lipinski definition) is 3. The first kappa shape index (κ1) is 19.7. The maximum absolute atomic E-state index is 11.8. The fourth-order valence-corrected chi connectivity index (χ4v) is 2.07. The van der Waals surface area contributed by atoms with E-state index in [4.69, 9.17) is 17.0 Å². The molecule has 0 spiro atoms. The maximum atomic E-state index is 11.8. The highest BCUT2D eigenvalue weighted by molar-refractivity contribution is 7.80. The molecule has 0 heterocycles. The summed E-state index contributed by atoms with van der Waals surface area (Å²) < 4.78 is 9.77. The molecule has 24 heavy (non-hydrogen) atoms. The number of nitrogens with one attached hydrogen (secondary N) is 2. The number of carbonyl (C=O) groups is 2. The Morgan fingerprint density at radius 3 is 2.46 bits per heavy atom. The number of aromatic hydroxyl groups is 1. The third kappa shape index (κ3) is 6.04. The van der Waals surface area contributed by atoms with E-state index in [1.165, 1.54) is 25.3 Å². The number of anilines is 1. The normalized spacial score (nSPS) is 12.0. The van der Waals surface area contributed by atoms with Crippen molar-refractivity contribution in [3.05, 3.63) is 23.8 Å². The number of carbonyl (C=O) groups excluding carboxylic acids is 2. The summed E-state index contributed by atoms with van der Waals surface area (Å²) >= 11 is 5.19. The van der Waals surface area contributed by atoms with Crippen molar-refractivity contribution in [3.63, 3.8) is 0 Å². The number of thiocarbonyl (C=S) groups is 1. The van der Waals surface area contributed by atoms with Crippen LogP contribution in [0.3, 0.4) is 0 Å². The first-order valence-corrected chi connectivity index (χ1v) is 7.66. The van der Waals surface area contributed by atoms with Gasteiger partial charge in [0.1, 0.15) is 22.4 Å². The monoisotopic (exact) mass is 354 g/mol. The van der Waals surface area contributed by atoms with Crippen molar-refractivity contribution < 1.29 is 24.2 Å². The largest absolute Gasteiger partial charge is 0.507 e. The molecular weight excluding hydrogens is 332 g/mol. The van der Waals surface area contributed by atoms with E-state index in [1.54, 1.807) is 27.7 Å². The lowest BCUT2D eigenvalue weighted by Crippen LogP contribution is -2.38. The van der Waals surface area contributed by atoms with Gasteiger partial charge in [-0.1, -0.05) is 12.2 Å². The number of hydrogen-bond acceptors (Lipinski definition) is 6. The van der Waals surface area contributed by atoms with Gasteiger partial charge in [0.15, 0.2) is 0 Å². The van der Waals surface area contributed by atoms with Crippen molar-refractivity contribution in [1.29, 1.82) is 0 Å². The van der Waals surface area contributed by atoms with E-state index in [1.807, 2.05) is 0 Å². The molecule has 1 rings (SSSR count). The van der Waals surface area contributed by atoms with Gasteiger partial charge in [0.05, 0.1) is 12.7 Å². The van der Waals surface area contributed by atoms with Crippen LogP contribution in [-0.2, 0) is 14.3 Å². The zero-order chi connectivity index (χ0) is 18.5. The molecule has 0 saturated heterocycles. The second-order valence-corrected chi connectivity index (χ2v) is 6.49. The summed E-state index contributed by atoms with van der Waals surface area (Å²) in [7, 11) is 1.27. The van der Waals surface area contributed by atoms with E-state index in [9.17, 15) is 14.7 Å². The molecule has 8 heteroatoms. The van der Waals surface area contributed by atoms with Crippen LogP contribution in [0.15, 0.2) is 18.2 Å². The van der Waals surface area contributed by atoms with Gasteiger partial charge in [-0.05, 0) is 45.9 Å². The van der Waals surface area contributed by atoms with Crippen molar-refractivity contribution in [3.8, 4) is 5.75 Å². The van der Waals surface area contributed by atoms with Crippen molar-refractivity contribution >= 4 is 35.0 Å². The average Bonchev–Trinajstić information content (AvgIpc) is 2.46. The quantitative estimate of drug-likeness (QED) is 0.434. The van der Waals surface area contributed by atoms with Crippen LogP contribution < -0.4 is 10.6 Å². The summed E-state index contributed by atoms with van der Waals surface area (Å²) in [4.78, 5) is 23.4. The predicted octanol–water partition coefficient (Wildman–Crippen LogP) is 2.57. The Morgan fingerprint density at radius 1 is 1.29 bits per heavy atom. The molecule has 0 bridgehead atoms. The van der Waals surface area contributed by atoms with Gasteiger partial charge in [0, 0.05) is 5.69 Å². The van der Waals surface area contributed by atoms with E-state index in [0.29, 0.717) is 5.69 Å². The standard InChI is InChI=1S/C16H22N2O5S/c1-9(14(20)22-5)17-13(24)11-8-10(6-7-12(11)19)18-15(21)23-16(2,3)4/h6-9,19H,1-5H3,(H,17,24)(H,18,21)/t9-/m0/s1. The molecule has 0 aromatic heterocycles. The van der Waals surface area contributed by atoms with Gasteiger partial charge < -0.3 is 19.9 Å². The third-order valence-corrected chi connectivity index (χ3v) is 3.13. The minimum atomic E-state index is -0.677. The lowest BCUT2D eigenvalue weighted by Gasteiger charge is -2.20. The lowest BCUT2D eigenvalue weighted by atomic mass is 10.1. The number of methoxy groups -OCH3 is 1. The molecule has 0 unspecified atom stereocenters. The number of esters is 1. The molecular formula is C16H22N2O5S. The van der Waals surface area contributed by atoms with Crippen LogP contribution in [0.25, 0.3) is 0 Å². The van der Waals surface area contributed by atoms with Crippen LogP contribution in [0.4, 0.5) is 10.5 Å². The van der Waals surface area contributed by atoms with Gasteiger partial charge in [-0.3, -0.25) is 5.32 Å². The highest BCUT2D eigenvalue weighted by Crippen LogP contribution is 2.22. The minimum Gasteiger partial charge on any atom is -0.507 e. The number of phenolic OH excluding ortho intramolecular Hbond substituents is 1. The Morgan fingerprint density at radius 2 is 1.92 bits per heavy atom. The number of phenols is 1. The van der Waals surface area contributed by atoms with Crippen molar-refractivity contribution in [1.82, 2.24) is 5.32 Å². The lowest BCUT2D eigenvalue weighted by molar-refractivity contribution is -0.142. The van der Waals surface area contributed by atoms with Crippen LogP contribution in [0.2, 0.25) is 0 Å². The Bertz CT molecular complexity index is 640. The van der Waals surface area contributed by atoms with E-state index < -0.39 is 23.7 Å². The second-order valence-electron chi connectivity index (χ2n) is 6.08. The molecule has 1 aromatic carbocycles. The Hall–Kier alpha value is -2.35. The molecule has 1 aromatic rings. The summed E-state index contributed by atoms with van der Waals surface area (Å²) in [6, 6.07) is 3.70. The van der Waals surface area contributed by atoms with Gasteiger partial charge in [0.25, 0.3) is 0 Å². The summed E-state index contributed by atoms with van der Waals surface area (Å²) in [6.07, 6.45) is -0.624. The number of amides is 1. The fraction of sp³-hybridized carbons (Fsp3) is 0.438. The summed E-state index contributed by atoms with van der Waals surface area (Å²) in [6.45, 7) is 6.84. The first-order valence-electron chi connectivity index (χ1n) is 7.25. The van der Waals surface area contributed by atoms with Crippen LogP contribution >= 0.6 is 12.2 Å². The third-order valence-electron chi connectivity index (χ3n) is 2.79. The Kier molecular flexibility index (Phi) is 6.53. The van der Waals surface area contributed by atoms with Gasteiger partial charge in [-0.25, -0.2) is 9.59 Å². The Labute approximate surface area is 146 Å². The Balaban J connectivity index is 2.88. The second kappa shape index (κ2) is 7.96. The molecule has 7 nitrogen and oxygen atoms in total. The first-order chi connectivity index (χ1) is 11.0. The van der Waals surface area contributed by atoms with Crippen LogP contribution in [0.1, 0.15) is 33.3 Å². The maximum Gasteiger partial charge on any atom is 0.412 e. The smallest absolute Gasteiger partial charge is 0.412 e. The van der Waals surface area contributed by atoms with Gasteiger partial charge in [-0.15, -0.1) is 0 Å². The zero-order valence-electron chi connectivity index (χ0n) is 14.3. The highest BCUT2D eigenvalue weighted by atomic mass is 32.1. The number of benzene rings is 1. The molecule has 3 N–H and O–H groups in total. The van der Waals surface area contributed by atoms with Gasteiger partial charge in [-0.2, -0.15) is 0 Å².